The SMILES string of the molecule is COC1CCN(CCNC(=O)N[C@H]2c3ccccc3C[C@@H]2C)CC1. The highest BCUT2D eigenvalue weighted by Gasteiger charge is 2.30. The summed E-state index contributed by atoms with van der Waals surface area (Å²) in [5.74, 6) is 0.446. The second kappa shape index (κ2) is 7.99. The smallest absolute Gasteiger partial charge is 0.315 e. The van der Waals surface area contributed by atoms with Crippen LogP contribution in [0.4, 0.5) is 4.79 Å². The van der Waals surface area contributed by atoms with Crippen molar-refractivity contribution in [3.8, 4) is 0 Å². The number of carbonyl (C=O) groups is 1. The van der Waals surface area contributed by atoms with Crippen molar-refractivity contribution in [2.75, 3.05) is 33.3 Å². The molecule has 1 fully saturated rings. The van der Waals surface area contributed by atoms with E-state index in [2.05, 4.69) is 40.7 Å². The highest BCUT2D eigenvalue weighted by Crippen LogP contribution is 2.35. The fourth-order valence-electron chi connectivity index (χ4n) is 3.90. The first-order valence-corrected chi connectivity index (χ1v) is 9.04. The van der Waals surface area contributed by atoms with Gasteiger partial charge in [-0.25, -0.2) is 4.79 Å². The highest BCUT2D eigenvalue weighted by molar-refractivity contribution is 5.74. The fraction of sp³-hybridized carbons (Fsp3) is 0.632. The molecule has 0 unspecified atom stereocenters. The molecule has 0 aromatic heterocycles. The van der Waals surface area contributed by atoms with Crippen molar-refractivity contribution >= 4 is 6.03 Å². The van der Waals surface area contributed by atoms with Crippen LogP contribution in [0.1, 0.15) is 36.9 Å². The third-order valence-corrected chi connectivity index (χ3v) is 5.37. The number of piperidine rings is 1. The molecule has 0 radical (unpaired) electrons. The number of amides is 2. The monoisotopic (exact) mass is 331 g/mol. The van der Waals surface area contributed by atoms with Gasteiger partial charge in [0.25, 0.3) is 0 Å². The van der Waals surface area contributed by atoms with Gasteiger partial charge in [-0.1, -0.05) is 31.2 Å². The molecule has 5 heteroatoms. The van der Waals surface area contributed by atoms with Crippen LogP contribution in [0, 0.1) is 5.92 Å². The van der Waals surface area contributed by atoms with Gasteiger partial charge in [-0.2, -0.15) is 0 Å². The predicted molar refractivity (Wildman–Crippen MR) is 95.1 cm³/mol. The van der Waals surface area contributed by atoms with E-state index >= 15 is 0 Å². The number of hydrogen-bond acceptors (Lipinski definition) is 3. The summed E-state index contributed by atoms with van der Waals surface area (Å²) in [6.45, 7) is 5.89. The van der Waals surface area contributed by atoms with Crippen LogP contribution in [-0.4, -0.2) is 50.3 Å². The van der Waals surface area contributed by atoms with E-state index in [-0.39, 0.29) is 12.1 Å². The average molecular weight is 331 g/mol. The molecule has 1 aliphatic heterocycles. The molecule has 3 rings (SSSR count). The van der Waals surface area contributed by atoms with Gasteiger partial charge in [0.05, 0.1) is 12.1 Å². The number of rotatable bonds is 5. The molecular formula is C19H29N3O2. The molecule has 2 amide bonds. The number of nitrogens with one attached hydrogen (secondary N) is 2. The van der Waals surface area contributed by atoms with Crippen molar-refractivity contribution in [3.05, 3.63) is 35.4 Å². The number of nitrogens with zero attached hydrogens (tertiary/aromatic N) is 1. The first-order chi connectivity index (χ1) is 11.7. The zero-order chi connectivity index (χ0) is 16.9. The van der Waals surface area contributed by atoms with Crippen LogP contribution >= 0.6 is 0 Å². The van der Waals surface area contributed by atoms with Crippen LogP contribution in [0.2, 0.25) is 0 Å². The van der Waals surface area contributed by atoms with E-state index in [4.69, 9.17) is 4.74 Å². The Balaban J connectivity index is 1.40. The van der Waals surface area contributed by atoms with Crippen LogP contribution in [-0.2, 0) is 11.2 Å². The molecule has 2 atom stereocenters. The lowest BCUT2D eigenvalue weighted by atomic mass is 10.0. The summed E-state index contributed by atoms with van der Waals surface area (Å²) >= 11 is 0. The maximum Gasteiger partial charge on any atom is 0.315 e. The Bertz CT molecular complexity index is 555. The van der Waals surface area contributed by atoms with Crippen molar-refractivity contribution < 1.29 is 9.53 Å². The minimum absolute atomic E-state index is 0.0599. The molecule has 0 spiro atoms. The zero-order valence-corrected chi connectivity index (χ0v) is 14.8. The topological polar surface area (TPSA) is 53.6 Å². The van der Waals surface area contributed by atoms with Crippen molar-refractivity contribution in [1.82, 2.24) is 15.5 Å². The fourth-order valence-corrected chi connectivity index (χ4v) is 3.90. The van der Waals surface area contributed by atoms with Gasteiger partial charge in [0.1, 0.15) is 0 Å². The van der Waals surface area contributed by atoms with Crippen LogP contribution in [0.25, 0.3) is 0 Å². The number of ether oxygens (including phenoxy) is 1. The van der Waals surface area contributed by atoms with Gasteiger partial charge in [0.2, 0.25) is 0 Å². The largest absolute Gasteiger partial charge is 0.381 e. The summed E-state index contributed by atoms with van der Waals surface area (Å²) in [7, 11) is 1.79. The molecule has 0 saturated carbocycles. The molecule has 1 aromatic rings. The number of benzene rings is 1. The molecule has 1 aromatic carbocycles. The normalized spacial score (nSPS) is 24.6. The maximum atomic E-state index is 12.2. The molecule has 1 saturated heterocycles. The quantitative estimate of drug-likeness (QED) is 0.871. The highest BCUT2D eigenvalue weighted by atomic mass is 16.5. The van der Waals surface area contributed by atoms with Gasteiger partial charge in [-0.3, -0.25) is 0 Å². The van der Waals surface area contributed by atoms with Crippen LogP contribution in [0.15, 0.2) is 24.3 Å². The molecule has 2 N–H and O–H groups in total. The Morgan fingerprint density at radius 2 is 2.04 bits per heavy atom. The maximum absolute atomic E-state index is 12.2. The minimum atomic E-state index is -0.0599. The Labute approximate surface area is 144 Å². The van der Waals surface area contributed by atoms with Gasteiger partial charge in [-0.15, -0.1) is 0 Å². The number of carbonyl (C=O) groups excluding carboxylic acids is 1. The van der Waals surface area contributed by atoms with Gasteiger partial charge < -0.3 is 20.3 Å². The summed E-state index contributed by atoms with van der Waals surface area (Å²) < 4.78 is 5.39. The second-order valence-corrected chi connectivity index (χ2v) is 7.03. The van der Waals surface area contributed by atoms with Gasteiger partial charge in [0, 0.05) is 33.3 Å². The van der Waals surface area contributed by atoms with Crippen molar-refractivity contribution in [2.24, 2.45) is 5.92 Å². The second-order valence-electron chi connectivity index (χ2n) is 7.03. The number of hydrogen-bond donors (Lipinski definition) is 2. The van der Waals surface area contributed by atoms with Crippen LogP contribution in [0.3, 0.4) is 0 Å². The Morgan fingerprint density at radius 1 is 1.29 bits per heavy atom. The van der Waals surface area contributed by atoms with Gasteiger partial charge in [0.15, 0.2) is 0 Å². The third-order valence-electron chi connectivity index (χ3n) is 5.37. The Kier molecular flexibility index (Phi) is 5.74. The van der Waals surface area contributed by atoms with E-state index < -0.39 is 0 Å². The van der Waals surface area contributed by atoms with E-state index in [0.717, 1.165) is 38.9 Å². The van der Waals surface area contributed by atoms with Crippen LogP contribution in [0.5, 0.6) is 0 Å². The molecule has 0 bridgehead atoms. The first kappa shape index (κ1) is 17.2. The number of fused-ring (bicyclic) bond motifs is 1. The minimum Gasteiger partial charge on any atom is -0.381 e. The first-order valence-electron chi connectivity index (χ1n) is 9.04. The van der Waals surface area contributed by atoms with Crippen LogP contribution < -0.4 is 10.6 Å². The van der Waals surface area contributed by atoms with Crippen molar-refractivity contribution in [2.45, 2.75) is 38.3 Å². The summed E-state index contributed by atoms with van der Waals surface area (Å²) in [6.07, 6.45) is 3.61. The molecular weight excluding hydrogens is 302 g/mol. The number of urea groups is 1. The average Bonchev–Trinajstić information content (AvgIpc) is 2.91. The molecule has 24 heavy (non-hydrogen) atoms. The molecule has 132 valence electrons. The lowest BCUT2D eigenvalue weighted by Crippen LogP contribution is -2.44. The molecule has 1 heterocycles. The van der Waals surface area contributed by atoms with Crippen molar-refractivity contribution in [1.29, 1.82) is 0 Å². The lowest BCUT2D eigenvalue weighted by Gasteiger charge is -2.31. The number of likely N-dealkylation sites (tertiary alicyclic amines) is 1. The zero-order valence-electron chi connectivity index (χ0n) is 14.8. The third kappa shape index (κ3) is 4.08. The van der Waals surface area contributed by atoms with Crippen molar-refractivity contribution in [3.63, 3.8) is 0 Å². The Hall–Kier alpha value is -1.59. The van der Waals surface area contributed by atoms with E-state index in [1.165, 1.54) is 11.1 Å². The van der Waals surface area contributed by atoms with E-state index in [1.807, 2.05) is 6.07 Å². The summed E-state index contributed by atoms with van der Waals surface area (Å²) in [5.41, 5.74) is 2.62. The number of methoxy groups -OCH3 is 1. The van der Waals surface area contributed by atoms with E-state index in [9.17, 15) is 4.79 Å². The summed E-state index contributed by atoms with van der Waals surface area (Å²) in [6, 6.07) is 8.47. The molecule has 1 aliphatic carbocycles. The van der Waals surface area contributed by atoms with Gasteiger partial charge >= 0.3 is 6.03 Å². The summed E-state index contributed by atoms with van der Waals surface area (Å²) in [5, 5.41) is 6.16. The van der Waals surface area contributed by atoms with Gasteiger partial charge in [-0.05, 0) is 36.3 Å². The lowest BCUT2D eigenvalue weighted by molar-refractivity contribution is 0.0416. The molecule has 2 aliphatic rings. The van der Waals surface area contributed by atoms with E-state index in [1.54, 1.807) is 7.11 Å². The molecule has 5 nitrogen and oxygen atoms in total. The standard InChI is InChI=1S/C19H29N3O2/c1-14-13-15-5-3-4-6-17(15)18(14)21-19(23)20-9-12-22-10-7-16(24-2)8-11-22/h3-6,14,16,18H,7-13H2,1-2H3,(H2,20,21,23)/t14-,18+/m0/s1. The van der Waals surface area contributed by atoms with E-state index in [0.29, 0.717) is 18.6 Å². The summed E-state index contributed by atoms with van der Waals surface area (Å²) in [4.78, 5) is 14.6. The Morgan fingerprint density at radius 3 is 2.79 bits per heavy atom. The predicted octanol–water partition coefficient (Wildman–Crippen LogP) is 2.33.